The molecule has 10 aromatic carbocycles. The van der Waals surface area contributed by atoms with Gasteiger partial charge in [-0.2, -0.15) is 0 Å². The van der Waals surface area contributed by atoms with Crippen LogP contribution in [0.1, 0.15) is 11.1 Å². The maximum Gasteiger partial charge on any atom is 0.0546 e. The van der Waals surface area contributed by atoms with Crippen molar-refractivity contribution in [3.8, 4) is 39.1 Å². The van der Waals surface area contributed by atoms with Crippen molar-refractivity contribution >= 4 is 60.4 Å². The highest BCUT2D eigenvalue weighted by Gasteiger charge is 2.21. The number of hydrogen-bond acceptors (Lipinski definition) is 1. The molecule has 0 fully saturated rings. The van der Waals surface area contributed by atoms with Crippen LogP contribution in [0.4, 0.5) is 17.1 Å². The van der Waals surface area contributed by atoms with Crippen molar-refractivity contribution in [3.63, 3.8) is 0 Å². The van der Waals surface area contributed by atoms with Gasteiger partial charge >= 0.3 is 0 Å². The molecule has 276 valence electrons. The number of fused-ring (bicyclic) bond motifs is 9. The number of rotatable bonds is 6. The normalized spacial score (nSPS) is 12.0. The standard InChI is InChI=1S/C57H38N2/c1-2-14-45(15-3-1)59-55-21-11-10-20-52(55)54-36-41(28-33-56(54)59)39-26-31-47(32-27-39)58(57-37-43-13-5-6-16-48(43)50-18-8-9-19-51(50)57)46-29-24-38(25-30-46)40-22-23-44-34-42-12-4-7-17-49(42)53(44)35-40/h1-33,35-37H,34H2. The van der Waals surface area contributed by atoms with E-state index in [0.29, 0.717) is 0 Å². The Bertz CT molecular complexity index is 3390. The van der Waals surface area contributed by atoms with E-state index in [4.69, 9.17) is 0 Å². The van der Waals surface area contributed by atoms with E-state index in [1.807, 2.05) is 0 Å². The summed E-state index contributed by atoms with van der Waals surface area (Å²) in [6.07, 6.45) is 1.01. The van der Waals surface area contributed by atoms with Crippen LogP contribution in [0.15, 0.2) is 218 Å². The second kappa shape index (κ2) is 13.5. The van der Waals surface area contributed by atoms with Gasteiger partial charge in [0.05, 0.1) is 16.7 Å². The lowest BCUT2D eigenvalue weighted by Gasteiger charge is -2.28. The quantitative estimate of drug-likeness (QED) is 0.154. The van der Waals surface area contributed by atoms with Gasteiger partial charge in [0.2, 0.25) is 0 Å². The van der Waals surface area contributed by atoms with E-state index in [-0.39, 0.29) is 0 Å². The van der Waals surface area contributed by atoms with Gasteiger partial charge in [0.1, 0.15) is 0 Å². The van der Waals surface area contributed by atoms with Crippen LogP contribution in [0.2, 0.25) is 0 Å². The molecule has 0 N–H and O–H groups in total. The van der Waals surface area contributed by atoms with Crippen molar-refractivity contribution in [3.05, 3.63) is 230 Å². The predicted molar refractivity (Wildman–Crippen MR) is 250 cm³/mol. The average molecular weight is 751 g/mol. The summed E-state index contributed by atoms with van der Waals surface area (Å²) in [5, 5.41) is 7.47. The summed E-state index contributed by atoms with van der Waals surface area (Å²) in [7, 11) is 0. The second-order valence-electron chi connectivity index (χ2n) is 15.7. The third kappa shape index (κ3) is 5.49. The van der Waals surface area contributed by atoms with E-state index < -0.39 is 0 Å². The Labute approximate surface area is 343 Å². The van der Waals surface area contributed by atoms with E-state index in [1.165, 1.54) is 93.5 Å². The van der Waals surface area contributed by atoms with Crippen LogP contribution in [0.3, 0.4) is 0 Å². The average Bonchev–Trinajstić information content (AvgIpc) is 3.85. The minimum absolute atomic E-state index is 1.01. The molecule has 1 heterocycles. The van der Waals surface area contributed by atoms with Gasteiger partial charge in [-0.3, -0.25) is 0 Å². The molecule has 0 radical (unpaired) electrons. The summed E-state index contributed by atoms with van der Waals surface area (Å²) in [5.41, 5.74) is 17.3. The molecular formula is C57H38N2. The van der Waals surface area contributed by atoms with Crippen molar-refractivity contribution in [2.24, 2.45) is 0 Å². The van der Waals surface area contributed by atoms with Crippen molar-refractivity contribution in [1.82, 2.24) is 4.57 Å². The van der Waals surface area contributed by atoms with E-state index >= 15 is 0 Å². The van der Waals surface area contributed by atoms with Crippen LogP contribution in [0.25, 0.3) is 82.4 Å². The fourth-order valence-corrected chi connectivity index (χ4v) is 9.56. The molecule has 1 aromatic heterocycles. The Hall–Kier alpha value is -7.68. The highest BCUT2D eigenvalue weighted by atomic mass is 15.1. The van der Waals surface area contributed by atoms with E-state index in [0.717, 1.165) is 23.5 Å². The largest absolute Gasteiger partial charge is 0.310 e. The Kier molecular flexibility index (Phi) is 7.64. The van der Waals surface area contributed by atoms with Crippen LogP contribution < -0.4 is 4.90 Å². The lowest BCUT2D eigenvalue weighted by atomic mass is 9.97. The third-order valence-electron chi connectivity index (χ3n) is 12.4. The Morgan fingerprint density at radius 1 is 0.339 bits per heavy atom. The maximum absolute atomic E-state index is 2.43. The number of aromatic nitrogens is 1. The molecule has 0 atom stereocenters. The first kappa shape index (κ1) is 33.5. The molecule has 0 unspecified atom stereocenters. The van der Waals surface area contributed by atoms with E-state index in [1.54, 1.807) is 0 Å². The summed E-state index contributed by atoms with van der Waals surface area (Å²) < 4.78 is 2.37. The van der Waals surface area contributed by atoms with Crippen molar-refractivity contribution < 1.29 is 0 Å². The lowest BCUT2D eigenvalue weighted by molar-refractivity contribution is 1.18. The third-order valence-corrected chi connectivity index (χ3v) is 12.4. The zero-order valence-electron chi connectivity index (χ0n) is 32.4. The Morgan fingerprint density at radius 3 is 1.68 bits per heavy atom. The molecule has 59 heavy (non-hydrogen) atoms. The number of hydrogen-bond donors (Lipinski definition) is 0. The molecule has 0 saturated heterocycles. The zero-order valence-corrected chi connectivity index (χ0v) is 32.4. The molecule has 0 bridgehead atoms. The monoisotopic (exact) mass is 750 g/mol. The molecule has 12 rings (SSSR count). The number of benzene rings is 10. The summed E-state index contributed by atoms with van der Waals surface area (Å²) in [6.45, 7) is 0. The molecular weight excluding hydrogens is 713 g/mol. The van der Waals surface area contributed by atoms with Crippen LogP contribution >= 0.6 is 0 Å². The molecule has 0 saturated carbocycles. The number of nitrogens with zero attached hydrogens (tertiary/aromatic N) is 2. The number of para-hydroxylation sites is 2. The Morgan fingerprint density at radius 2 is 0.898 bits per heavy atom. The summed E-state index contributed by atoms with van der Waals surface area (Å²) in [6, 6.07) is 80.2. The molecule has 2 nitrogen and oxygen atoms in total. The molecule has 0 aliphatic heterocycles. The topological polar surface area (TPSA) is 8.17 Å². The summed E-state index contributed by atoms with van der Waals surface area (Å²) in [4.78, 5) is 2.43. The van der Waals surface area contributed by atoms with Gasteiger partial charge in [0, 0.05) is 33.2 Å². The highest BCUT2D eigenvalue weighted by molar-refractivity contribution is 6.15. The lowest BCUT2D eigenvalue weighted by Crippen LogP contribution is -2.10. The van der Waals surface area contributed by atoms with E-state index in [9.17, 15) is 0 Å². The van der Waals surface area contributed by atoms with Crippen LogP contribution in [0, 0.1) is 0 Å². The summed E-state index contributed by atoms with van der Waals surface area (Å²) >= 11 is 0. The first-order chi connectivity index (χ1) is 29.2. The fraction of sp³-hybridized carbons (Fsp3) is 0.0175. The molecule has 11 aromatic rings. The Balaban J connectivity index is 0.972. The van der Waals surface area contributed by atoms with Gasteiger partial charge in [-0.25, -0.2) is 0 Å². The van der Waals surface area contributed by atoms with Gasteiger partial charge < -0.3 is 9.47 Å². The SMILES string of the molecule is c1ccc(-n2c3ccccc3c3cc(-c4ccc(N(c5ccc(-c6ccc7c(c6)-c6ccccc6C7)cc5)c5cc6ccccc6c6ccccc56)cc4)ccc32)cc1. The highest BCUT2D eigenvalue weighted by Crippen LogP contribution is 2.44. The van der Waals surface area contributed by atoms with Gasteiger partial charge in [0.25, 0.3) is 0 Å². The van der Waals surface area contributed by atoms with Crippen molar-refractivity contribution in [1.29, 1.82) is 0 Å². The van der Waals surface area contributed by atoms with Crippen molar-refractivity contribution in [2.45, 2.75) is 6.42 Å². The predicted octanol–water partition coefficient (Wildman–Crippen LogP) is 15.5. The first-order valence-electron chi connectivity index (χ1n) is 20.5. The molecule has 2 heteroatoms. The van der Waals surface area contributed by atoms with E-state index in [2.05, 4.69) is 228 Å². The second-order valence-corrected chi connectivity index (χ2v) is 15.7. The van der Waals surface area contributed by atoms with Gasteiger partial charge in [-0.15, -0.1) is 0 Å². The molecule has 1 aliphatic carbocycles. The minimum Gasteiger partial charge on any atom is -0.310 e. The van der Waals surface area contributed by atoms with Gasteiger partial charge in [-0.05, 0) is 134 Å². The van der Waals surface area contributed by atoms with Gasteiger partial charge in [-0.1, -0.05) is 152 Å². The van der Waals surface area contributed by atoms with Gasteiger partial charge in [0.15, 0.2) is 0 Å². The molecule has 0 spiro atoms. The van der Waals surface area contributed by atoms with Crippen LogP contribution in [-0.2, 0) is 6.42 Å². The van der Waals surface area contributed by atoms with Crippen LogP contribution in [-0.4, -0.2) is 4.57 Å². The summed E-state index contributed by atoms with van der Waals surface area (Å²) in [5.74, 6) is 0. The van der Waals surface area contributed by atoms with Crippen LogP contribution in [0.5, 0.6) is 0 Å². The van der Waals surface area contributed by atoms with Crippen molar-refractivity contribution in [2.75, 3.05) is 4.90 Å². The minimum atomic E-state index is 1.01. The maximum atomic E-state index is 2.43. The fourth-order valence-electron chi connectivity index (χ4n) is 9.56. The zero-order chi connectivity index (χ0) is 38.9. The first-order valence-corrected chi connectivity index (χ1v) is 20.5. The number of anilines is 3. The molecule has 0 amide bonds. The smallest absolute Gasteiger partial charge is 0.0546 e. The molecule has 1 aliphatic rings.